The number of carboxylic acids is 1. The fraction of sp³-hybridized carbons (Fsp3) is 0.786. The predicted octanol–water partition coefficient (Wildman–Crippen LogP) is 0.959. The number of hydrogen-bond donors (Lipinski definition) is 2. The molecule has 1 atom stereocenters. The number of carboxylic acid groups (broad SMARTS) is 1. The summed E-state index contributed by atoms with van der Waals surface area (Å²) < 4.78 is 0. The third kappa shape index (κ3) is 6.84. The first kappa shape index (κ1) is 17.8. The van der Waals surface area contributed by atoms with Crippen LogP contribution in [0.2, 0.25) is 0 Å². The highest BCUT2D eigenvalue weighted by Crippen LogP contribution is 2.17. The van der Waals surface area contributed by atoms with Crippen LogP contribution in [0.15, 0.2) is 0 Å². The quantitative estimate of drug-likeness (QED) is 0.651. The fourth-order valence-corrected chi connectivity index (χ4v) is 2.91. The van der Waals surface area contributed by atoms with Crippen molar-refractivity contribution in [3.05, 3.63) is 0 Å². The Morgan fingerprint density at radius 3 is 2.81 bits per heavy atom. The summed E-state index contributed by atoms with van der Waals surface area (Å²) in [5.74, 6) is -0.235. The van der Waals surface area contributed by atoms with Crippen LogP contribution in [0.4, 0.5) is 0 Å². The van der Waals surface area contributed by atoms with Gasteiger partial charge >= 0.3 is 5.97 Å². The highest BCUT2D eigenvalue weighted by molar-refractivity contribution is 7.99. The molecule has 2 N–H and O–H groups in total. The van der Waals surface area contributed by atoms with E-state index in [-0.39, 0.29) is 23.5 Å². The molecule has 1 aliphatic heterocycles. The van der Waals surface area contributed by atoms with Gasteiger partial charge in [-0.25, -0.2) is 0 Å². The third-order valence-corrected chi connectivity index (χ3v) is 4.32. The zero-order valence-corrected chi connectivity index (χ0v) is 13.3. The van der Waals surface area contributed by atoms with Gasteiger partial charge in [-0.2, -0.15) is 0 Å². The molecule has 0 aromatic rings. The minimum absolute atomic E-state index is 0.0278. The molecular formula is C14H24N2O4S. The van der Waals surface area contributed by atoms with Gasteiger partial charge in [0.15, 0.2) is 0 Å². The number of piperidine rings is 1. The van der Waals surface area contributed by atoms with Crippen molar-refractivity contribution in [3.8, 4) is 0 Å². The molecule has 1 rings (SSSR count). The number of aliphatic carboxylic acids is 1. The first-order valence-corrected chi connectivity index (χ1v) is 8.55. The first-order chi connectivity index (χ1) is 10.0. The Hall–Kier alpha value is -1.24. The SMILES string of the molecule is CCCC(=O)N1CCCC(C(=O)NCCSCC(=O)O)C1. The average molecular weight is 316 g/mol. The topological polar surface area (TPSA) is 86.7 Å². The van der Waals surface area contributed by atoms with Crippen LogP contribution >= 0.6 is 11.8 Å². The van der Waals surface area contributed by atoms with Gasteiger partial charge in [0, 0.05) is 31.8 Å². The lowest BCUT2D eigenvalue weighted by molar-refractivity contribution is -0.136. The Kier molecular flexibility index (Phi) is 8.19. The normalized spacial score (nSPS) is 18.3. The standard InChI is InChI=1S/C14H24N2O4S/c1-2-4-12(17)16-7-3-5-11(9-16)14(20)15-6-8-21-10-13(18)19/h11H,2-10H2,1H3,(H,15,20)(H,18,19). The van der Waals surface area contributed by atoms with Gasteiger partial charge in [0.25, 0.3) is 0 Å². The summed E-state index contributed by atoms with van der Waals surface area (Å²) >= 11 is 1.28. The molecule has 120 valence electrons. The van der Waals surface area contributed by atoms with Crippen molar-refractivity contribution >= 4 is 29.5 Å². The van der Waals surface area contributed by atoms with Crippen LogP contribution < -0.4 is 5.32 Å². The van der Waals surface area contributed by atoms with Crippen LogP contribution in [0.1, 0.15) is 32.6 Å². The van der Waals surface area contributed by atoms with E-state index in [1.54, 1.807) is 4.90 Å². The Bertz CT molecular complexity index is 376. The lowest BCUT2D eigenvalue weighted by Crippen LogP contribution is -2.45. The molecule has 1 saturated heterocycles. The molecule has 0 bridgehead atoms. The first-order valence-electron chi connectivity index (χ1n) is 7.39. The van der Waals surface area contributed by atoms with Crippen LogP contribution in [0.5, 0.6) is 0 Å². The van der Waals surface area contributed by atoms with E-state index >= 15 is 0 Å². The fourth-order valence-electron chi connectivity index (χ4n) is 2.34. The molecule has 1 unspecified atom stereocenters. The largest absolute Gasteiger partial charge is 0.481 e. The van der Waals surface area contributed by atoms with E-state index in [0.717, 1.165) is 25.8 Å². The molecule has 1 aliphatic rings. The summed E-state index contributed by atoms with van der Waals surface area (Å²) in [7, 11) is 0. The Morgan fingerprint density at radius 2 is 2.14 bits per heavy atom. The minimum Gasteiger partial charge on any atom is -0.481 e. The zero-order valence-electron chi connectivity index (χ0n) is 12.5. The van der Waals surface area contributed by atoms with Crippen molar-refractivity contribution in [3.63, 3.8) is 0 Å². The lowest BCUT2D eigenvalue weighted by Gasteiger charge is -2.32. The number of rotatable bonds is 8. The van der Waals surface area contributed by atoms with Crippen molar-refractivity contribution in [2.75, 3.05) is 31.1 Å². The zero-order chi connectivity index (χ0) is 15.7. The van der Waals surface area contributed by atoms with Gasteiger partial charge in [-0.1, -0.05) is 6.92 Å². The number of carbonyl (C=O) groups is 3. The maximum absolute atomic E-state index is 12.0. The van der Waals surface area contributed by atoms with Gasteiger partial charge in [-0.3, -0.25) is 14.4 Å². The number of nitrogens with zero attached hydrogens (tertiary/aromatic N) is 1. The second-order valence-electron chi connectivity index (χ2n) is 5.17. The average Bonchev–Trinajstić information content (AvgIpc) is 2.46. The van der Waals surface area contributed by atoms with E-state index in [2.05, 4.69) is 5.32 Å². The summed E-state index contributed by atoms with van der Waals surface area (Å²) in [5.41, 5.74) is 0. The molecule has 0 saturated carbocycles. The van der Waals surface area contributed by atoms with Crippen molar-refractivity contribution < 1.29 is 19.5 Å². The summed E-state index contributed by atoms with van der Waals surface area (Å²) in [4.78, 5) is 36.1. The van der Waals surface area contributed by atoms with E-state index in [1.165, 1.54) is 11.8 Å². The maximum Gasteiger partial charge on any atom is 0.313 e. The lowest BCUT2D eigenvalue weighted by atomic mass is 9.97. The van der Waals surface area contributed by atoms with Crippen LogP contribution in [-0.2, 0) is 14.4 Å². The van der Waals surface area contributed by atoms with Crippen LogP contribution in [0.3, 0.4) is 0 Å². The Labute approximate surface area is 129 Å². The van der Waals surface area contributed by atoms with E-state index < -0.39 is 5.97 Å². The molecule has 1 heterocycles. The maximum atomic E-state index is 12.0. The van der Waals surface area contributed by atoms with Gasteiger partial charge in [0.1, 0.15) is 0 Å². The molecule has 2 amide bonds. The van der Waals surface area contributed by atoms with Gasteiger partial charge < -0.3 is 15.3 Å². The molecule has 0 aromatic carbocycles. The van der Waals surface area contributed by atoms with E-state index in [4.69, 9.17) is 5.11 Å². The second-order valence-corrected chi connectivity index (χ2v) is 6.27. The van der Waals surface area contributed by atoms with Gasteiger partial charge in [0.05, 0.1) is 11.7 Å². The summed E-state index contributed by atoms with van der Waals surface area (Å²) in [6.07, 6.45) is 3.04. The molecule has 0 spiro atoms. The summed E-state index contributed by atoms with van der Waals surface area (Å²) in [6.45, 7) is 3.70. The number of nitrogens with one attached hydrogen (secondary N) is 1. The van der Waals surface area contributed by atoms with Crippen molar-refractivity contribution in [1.82, 2.24) is 10.2 Å². The smallest absolute Gasteiger partial charge is 0.313 e. The third-order valence-electron chi connectivity index (χ3n) is 3.38. The number of likely N-dealkylation sites (tertiary alicyclic amines) is 1. The number of thioether (sulfide) groups is 1. The molecule has 1 fully saturated rings. The predicted molar refractivity (Wildman–Crippen MR) is 82.2 cm³/mol. The Morgan fingerprint density at radius 1 is 1.38 bits per heavy atom. The summed E-state index contributed by atoms with van der Waals surface area (Å²) in [5, 5.41) is 11.3. The van der Waals surface area contributed by atoms with Crippen LogP contribution in [-0.4, -0.2) is 58.9 Å². The summed E-state index contributed by atoms with van der Waals surface area (Å²) in [6, 6.07) is 0. The molecule has 0 radical (unpaired) electrons. The monoisotopic (exact) mass is 316 g/mol. The van der Waals surface area contributed by atoms with Gasteiger partial charge in [0.2, 0.25) is 11.8 Å². The number of hydrogen-bond acceptors (Lipinski definition) is 4. The van der Waals surface area contributed by atoms with E-state index in [1.807, 2.05) is 6.92 Å². The van der Waals surface area contributed by atoms with Crippen LogP contribution in [0.25, 0.3) is 0 Å². The highest BCUT2D eigenvalue weighted by atomic mass is 32.2. The molecule has 6 nitrogen and oxygen atoms in total. The van der Waals surface area contributed by atoms with Crippen molar-refractivity contribution in [2.24, 2.45) is 5.92 Å². The molecule has 0 aliphatic carbocycles. The molecule has 7 heteroatoms. The Balaban J connectivity index is 2.27. The van der Waals surface area contributed by atoms with Crippen molar-refractivity contribution in [1.29, 1.82) is 0 Å². The molecule has 21 heavy (non-hydrogen) atoms. The van der Waals surface area contributed by atoms with E-state index in [0.29, 0.717) is 25.3 Å². The molecular weight excluding hydrogens is 292 g/mol. The van der Waals surface area contributed by atoms with Crippen LogP contribution in [0, 0.1) is 5.92 Å². The van der Waals surface area contributed by atoms with E-state index in [9.17, 15) is 14.4 Å². The van der Waals surface area contributed by atoms with Gasteiger partial charge in [-0.15, -0.1) is 11.8 Å². The number of carbonyl (C=O) groups excluding carboxylic acids is 2. The second kappa shape index (κ2) is 9.65. The highest BCUT2D eigenvalue weighted by Gasteiger charge is 2.27. The number of amides is 2. The van der Waals surface area contributed by atoms with Gasteiger partial charge in [-0.05, 0) is 19.3 Å². The molecule has 0 aromatic heterocycles. The minimum atomic E-state index is -0.844. The van der Waals surface area contributed by atoms with Crippen molar-refractivity contribution in [2.45, 2.75) is 32.6 Å².